The summed E-state index contributed by atoms with van der Waals surface area (Å²) in [5, 5.41) is 0. The smallest absolute Gasteiger partial charge is 0.150 e. The molecule has 4 aromatic carbocycles. The van der Waals surface area contributed by atoms with Crippen molar-refractivity contribution in [3.63, 3.8) is 0 Å². The molecule has 0 saturated heterocycles. The zero-order valence-electron chi connectivity index (χ0n) is 22.6. The standard InChI is InChI=1S/C35H36O5/c1-5-13-28(14-6-1)23-36-27-33-35(40-26-31-19-11-4-12-20-31)34(39-25-30-17-9-3-10-18-30)32(21-22-37-33)38-24-29-15-7-2-8-16-29/h1-22,32-35H,23-27H2/t32-,33-,34-,35-/m1/s1. The van der Waals surface area contributed by atoms with Crippen LogP contribution in [0.4, 0.5) is 0 Å². The summed E-state index contributed by atoms with van der Waals surface area (Å²) in [5.74, 6) is 0. The molecule has 0 aromatic heterocycles. The number of rotatable bonds is 13. The minimum atomic E-state index is -0.449. The summed E-state index contributed by atoms with van der Waals surface area (Å²) in [6, 6.07) is 40.6. The summed E-state index contributed by atoms with van der Waals surface area (Å²) in [6.45, 7) is 2.12. The Kier molecular flexibility index (Phi) is 10.5. The van der Waals surface area contributed by atoms with Crippen molar-refractivity contribution in [2.24, 2.45) is 0 Å². The zero-order chi connectivity index (χ0) is 27.2. The maximum atomic E-state index is 6.61. The minimum absolute atomic E-state index is 0.343. The third-order valence-corrected chi connectivity index (χ3v) is 6.79. The lowest BCUT2D eigenvalue weighted by atomic mass is 10.0. The molecule has 0 spiro atoms. The van der Waals surface area contributed by atoms with E-state index in [-0.39, 0.29) is 6.10 Å². The summed E-state index contributed by atoms with van der Waals surface area (Å²) < 4.78 is 32.0. The number of hydrogen-bond donors (Lipinski definition) is 0. The highest BCUT2D eigenvalue weighted by Crippen LogP contribution is 2.26. The van der Waals surface area contributed by atoms with E-state index in [1.165, 1.54) is 0 Å². The summed E-state index contributed by atoms with van der Waals surface area (Å²) in [6.07, 6.45) is 1.97. The molecule has 40 heavy (non-hydrogen) atoms. The molecule has 5 rings (SSSR count). The van der Waals surface area contributed by atoms with Crippen LogP contribution in [0.5, 0.6) is 0 Å². The normalized spacial score (nSPS) is 20.5. The number of ether oxygens (including phenoxy) is 5. The fraction of sp³-hybridized carbons (Fsp3) is 0.257. The third kappa shape index (κ3) is 8.38. The Hall–Kier alpha value is -3.74. The van der Waals surface area contributed by atoms with Crippen molar-refractivity contribution in [3.05, 3.63) is 156 Å². The van der Waals surface area contributed by atoms with Crippen molar-refractivity contribution >= 4 is 0 Å². The van der Waals surface area contributed by atoms with E-state index < -0.39 is 18.3 Å². The highest BCUT2D eigenvalue weighted by atomic mass is 16.6. The maximum absolute atomic E-state index is 6.61. The van der Waals surface area contributed by atoms with Gasteiger partial charge in [0.2, 0.25) is 0 Å². The van der Waals surface area contributed by atoms with Crippen LogP contribution in [0.25, 0.3) is 0 Å². The van der Waals surface area contributed by atoms with Gasteiger partial charge in [-0.1, -0.05) is 121 Å². The van der Waals surface area contributed by atoms with Gasteiger partial charge in [-0.15, -0.1) is 0 Å². The van der Waals surface area contributed by atoms with Crippen molar-refractivity contribution < 1.29 is 23.7 Å². The molecule has 0 aliphatic carbocycles. The molecule has 5 heteroatoms. The molecule has 5 nitrogen and oxygen atoms in total. The molecular formula is C35H36O5. The van der Waals surface area contributed by atoms with Gasteiger partial charge in [-0.05, 0) is 28.3 Å². The van der Waals surface area contributed by atoms with Gasteiger partial charge in [0.05, 0.1) is 39.3 Å². The Labute approximate surface area is 236 Å². The second kappa shape index (κ2) is 15.2. The first-order chi connectivity index (χ1) is 19.8. The molecule has 0 bridgehead atoms. The monoisotopic (exact) mass is 536 g/mol. The Morgan fingerprint density at radius 1 is 0.475 bits per heavy atom. The Bertz CT molecular complexity index is 1260. The van der Waals surface area contributed by atoms with Crippen molar-refractivity contribution in [2.75, 3.05) is 6.61 Å². The first-order valence-corrected chi connectivity index (χ1v) is 13.8. The fourth-order valence-electron chi connectivity index (χ4n) is 4.65. The highest BCUT2D eigenvalue weighted by molar-refractivity contribution is 5.16. The molecule has 0 radical (unpaired) electrons. The summed E-state index contributed by atoms with van der Waals surface area (Å²) in [7, 11) is 0. The van der Waals surface area contributed by atoms with E-state index in [0.717, 1.165) is 22.3 Å². The maximum Gasteiger partial charge on any atom is 0.150 e. The van der Waals surface area contributed by atoms with Crippen molar-refractivity contribution in [2.45, 2.75) is 50.8 Å². The minimum Gasteiger partial charge on any atom is -0.493 e. The fourth-order valence-corrected chi connectivity index (χ4v) is 4.65. The van der Waals surface area contributed by atoms with Crippen LogP contribution in [0.3, 0.4) is 0 Å². The van der Waals surface area contributed by atoms with E-state index in [9.17, 15) is 0 Å². The third-order valence-electron chi connectivity index (χ3n) is 6.79. The molecule has 0 amide bonds. The van der Waals surface area contributed by atoms with Gasteiger partial charge < -0.3 is 23.7 Å². The van der Waals surface area contributed by atoms with Gasteiger partial charge in [0.25, 0.3) is 0 Å². The van der Waals surface area contributed by atoms with Crippen LogP contribution in [0.15, 0.2) is 134 Å². The van der Waals surface area contributed by atoms with Crippen molar-refractivity contribution in [1.82, 2.24) is 0 Å². The SMILES string of the molecule is C1=C[C@@H](OCc2ccccc2)[C@@H](OCc2ccccc2)[C@H](OCc2ccccc2)[C@@H](COCc2ccccc2)O1. The van der Waals surface area contributed by atoms with Crippen LogP contribution < -0.4 is 0 Å². The average Bonchev–Trinajstić information content (AvgIpc) is 3.18. The van der Waals surface area contributed by atoms with Gasteiger partial charge >= 0.3 is 0 Å². The lowest BCUT2D eigenvalue weighted by Crippen LogP contribution is -2.48. The summed E-state index contributed by atoms with van der Waals surface area (Å²) in [4.78, 5) is 0. The van der Waals surface area contributed by atoms with E-state index in [4.69, 9.17) is 23.7 Å². The summed E-state index contributed by atoms with van der Waals surface area (Å²) in [5.41, 5.74) is 4.35. The van der Waals surface area contributed by atoms with E-state index >= 15 is 0 Å². The summed E-state index contributed by atoms with van der Waals surface area (Å²) >= 11 is 0. The van der Waals surface area contributed by atoms with Crippen LogP contribution in [0, 0.1) is 0 Å². The first-order valence-electron chi connectivity index (χ1n) is 13.8. The van der Waals surface area contributed by atoms with Crippen LogP contribution in [-0.2, 0) is 50.1 Å². The van der Waals surface area contributed by atoms with Crippen molar-refractivity contribution in [3.8, 4) is 0 Å². The molecule has 4 atom stereocenters. The Balaban J connectivity index is 1.36. The number of benzene rings is 4. The molecule has 0 fully saturated rings. The zero-order valence-corrected chi connectivity index (χ0v) is 22.6. The van der Waals surface area contributed by atoms with Gasteiger partial charge in [-0.3, -0.25) is 0 Å². The van der Waals surface area contributed by atoms with Gasteiger partial charge in [0.1, 0.15) is 24.4 Å². The quantitative estimate of drug-likeness (QED) is 0.187. The van der Waals surface area contributed by atoms with Gasteiger partial charge in [-0.25, -0.2) is 0 Å². The molecule has 206 valence electrons. The van der Waals surface area contributed by atoms with Crippen LogP contribution in [0.2, 0.25) is 0 Å². The topological polar surface area (TPSA) is 46.2 Å². The molecule has 1 aliphatic heterocycles. The van der Waals surface area contributed by atoms with Crippen LogP contribution in [0.1, 0.15) is 22.3 Å². The van der Waals surface area contributed by atoms with Crippen LogP contribution in [-0.4, -0.2) is 31.0 Å². The second-order valence-corrected chi connectivity index (χ2v) is 9.79. The number of hydrogen-bond acceptors (Lipinski definition) is 5. The van der Waals surface area contributed by atoms with Gasteiger partial charge in [-0.2, -0.15) is 0 Å². The lowest BCUT2D eigenvalue weighted by Gasteiger charge is -2.34. The van der Waals surface area contributed by atoms with E-state index in [2.05, 4.69) is 48.5 Å². The molecular weight excluding hydrogens is 500 g/mol. The highest BCUT2D eigenvalue weighted by Gasteiger charge is 2.39. The molecule has 4 aromatic rings. The predicted octanol–water partition coefficient (Wildman–Crippen LogP) is 6.87. The molecule has 1 aliphatic rings. The average molecular weight is 537 g/mol. The molecule has 0 saturated carbocycles. The molecule has 0 N–H and O–H groups in total. The second-order valence-electron chi connectivity index (χ2n) is 9.79. The van der Waals surface area contributed by atoms with E-state index in [1.807, 2.05) is 78.9 Å². The Morgan fingerprint density at radius 2 is 0.900 bits per heavy atom. The Morgan fingerprint density at radius 3 is 1.40 bits per heavy atom. The lowest BCUT2D eigenvalue weighted by molar-refractivity contribution is -0.173. The largest absolute Gasteiger partial charge is 0.493 e. The van der Waals surface area contributed by atoms with Crippen LogP contribution >= 0.6 is 0 Å². The van der Waals surface area contributed by atoms with Gasteiger partial charge in [0.15, 0.2) is 0 Å². The first kappa shape index (κ1) is 27.8. The van der Waals surface area contributed by atoms with E-state index in [0.29, 0.717) is 33.0 Å². The van der Waals surface area contributed by atoms with E-state index in [1.54, 1.807) is 6.26 Å². The molecule has 0 unspecified atom stereocenters. The van der Waals surface area contributed by atoms with Crippen molar-refractivity contribution in [1.29, 1.82) is 0 Å². The molecule has 1 heterocycles. The van der Waals surface area contributed by atoms with Gasteiger partial charge in [0, 0.05) is 0 Å². The predicted molar refractivity (Wildman–Crippen MR) is 155 cm³/mol.